The standard InChI is InChI=1S/C20H31N3O2/c1-2-21-19(23-13-10-20(16-23)11-15-24-17-20)22-12-6-7-14-25-18-8-4-3-5-9-18/h3-5,8-9H,2,6-7,10-17H2,1H3,(H,21,22). The highest BCUT2D eigenvalue weighted by Crippen LogP contribution is 2.38. The topological polar surface area (TPSA) is 46.1 Å². The lowest BCUT2D eigenvalue weighted by Gasteiger charge is -2.25. The van der Waals surface area contributed by atoms with Gasteiger partial charge in [0.15, 0.2) is 5.96 Å². The SMILES string of the molecule is CCNC(=NCCCCOc1ccccc1)N1CCC2(CCOC2)C1. The molecule has 1 N–H and O–H groups in total. The first kappa shape index (κ1) is 18.1. The molecular formula is C20H31N3O2. The summed E-state index contributed by atoms with van der Waals surface area (Å²) in [6.07, 6.45) is 4.49. The van der Waals surface area contributed by atoms with Crippen LogP contribution >= 0.6 is 0 Å². The highest BCUT2D eigenvalue weighted by atomic mass is 16.5. The maximum atomic E-state index is 5.74. The fourth-order valence-electron chi connectivity index (χ4n) is 3.62. The average molecular weight is 345 g/mol. The van der Waals surface area contributed by atoms with Crippen LogP contribution in [0.1, 0.15) is 32.6 Å². The van der Waals surface area contributed by atoms with E-state index in [-0.39, 0.29) is 0 Å². The monoisotopic (exact) mass is 345 g/mol. The van der Waals surface area contributed by atoms with Crippen molar-refractivity contribution in [3.05, 3.63) is 30.3 Å². The van der Waals surface area contributed by atoms with Crippen LogP contribution in [0.2, 0.25) is 0 Å². The van der Waals surface area contributed by atoms with Crippen molar-refractivity contribution < 1.29 is 9.47 Å². The van der Waals surface area contributed by atoms with Gasteiger partial charge in [0, 0.05) is 38.2 Å². The molecule has 5 heteroatoms. The molecule has 1 aromatic rings. The van der Waals surface area contributed by atoms with Crippen LogP contribution in [-0.4, -0.2) is 56.9 Å². The highest BCUT2D eigenvalue weighted by molar-refractivity contribution is 5.80. The molecule has 2 heterocycles. The largest absolute Gasteiger partial charge is 0.494 e. The second kappa shape index (κ2) is 9.09. The Hall–Kier alpha value is -1.75. The van der Waals surface area contributed by atoms with Gasteiger partial charge >= 0.3 is 0 Å². The third-order valence-corrected chi connectivity index (χ3v) is 5.08. The van der Waals surface area contributed by atoms with Gasteiger partial charge in [-0.1, -0.05) is 18.2 Å². The zero-order valence-corrected chi connectivity index (χ0v) is 15.4. The van der Waals surface area contributed by atoms with Crippen molar-refractivity contribution in [2.45, 2.75) is 32.6 Å². The lowest BCUT2D eigenvalue weighted by atomic mass is 9.87. The van der Waals surface area contributed by atoms with E-state index in [4.69, 9.17) is 14.5 Å². The van der Waals surface area contributed by atoms with E-state index in [1.165, 1.54) is 12.8 Å². The minimum absolute atomic E-state index is 0.375. The van der Waals surface area contributed by atoms with E-state index in [9.17, 15) is 0 Å². The van der Waals surface area contributed by atoms with E-state index in [0.29, 0.717) is 5.41 Å². The van der Waals surface area contributed by atoms with Crippen LogP contribution in [0.3, 0.4) is 0 Å². The fourth-order valence-corrected chi connectivity index (χ4v) is 3.62. The van der Waals surface area contributed by atoms with Crippen LogP contribution in [-0.2, 0) is 4.74 Å². The summed E-state index contributed by atoms with van der Waals surface area (Å²) < 4.78 is 11.4. The number of ether oxygens (including phenoxy) is 2. The molecule has 1 aromatic carbocycles. The molecule has 0 saturated carbocycles. The second-order valence-electron chi connectivity index (χ2n) is 7.08. The van der Waals surface area contributed by atoms with Gasteiger partial charge in [-0.2, -0.15) is 0 Å². The van der Waals surface area contributed by atoms with E-state index >= 15 is 0 Å². The number of nitrogens with one attached hydrogen (secondary N) is 1. The Morgan fingerprint density at radius 1 is 1.28 bits per heavy atom. The molecule has 1 unspecified atom stereocenters. The molecule has 2 fully saturated rings. The summed E-state index contributed by atoms with van der Waals surface area (Å²) in [5, 5.41) is 3.45. The highest BCUT2D eigenvalue weighted by Gasteiger charge is 2.42. The first-order valence-corrected chi connectivity index (χ1v) is 9.60. The molecule has 1 spiro atoms. The molecule has 5 nitrogen and oxygen atoms in total. The van der Waals surface area contributed by atoms with Crippen LogP contribution in [0.5, 0.6) is 5.75 Å². The lowest BCUT2D eigenvalue weighted by Crippen LogP contribution is -2.41. The van der Waals surface area contributed by atoms with Crippen molar-refractivity contribution in [1.29, 1.82) is 0 Å². The van der Waals surface area contributed by atoms with E-state index in [1.54, 1.807) is 0 Å². The van der Waals surface area contributed by atoms with Gasteiger partial charge < -0.3 is 19.7 Å². The first-order chi connectivity index (χ1) is 12.3. The molecule has 138 valence electrons. The van der Waals surface area contributed by atoms with Gasteiger partial charge in [0.2, 0.25) is 0 Å². The predicted octanol–water partition coefficient (Wildman–Crippen LogP) is 2.92. The second-order valence-corrected chi connectivity index (χ2v) is 7.08. The zero-order valence-electron chi connectivity index (χ0n) is 15.4. The maximum absolute atomic E-state index is 5.74. The van der Waals surface area contributed by atoms with Crippen molar-refractivity contribution in [1.82, 2.24) is 10.2 Å². The smallest absolute Gasteiger partial charge is 0.193 e. The summed E-state index contributed by atoms with van der Waals surface area (Å²) in [5.74, 6) is 2.01. The summed E-state index contributed by atoms with van der Waals surface area (Å²) in [5.41, 5.74) is 0.375. The van der Waals surface area contributed by atoms with Crippen LogP contribution in [0, 0.1) is 5.41 Å². The molecule has 25 heavy (non-hydrogen) atoms. The van der Waals surface area contributed by atoms with Gasteiger partial charge in [0.05, 0.1) is 13.2 Å². The number of rotatable bonds is 7. The Morgan fingerprint density at radius 2 is 2.16 bits per heavy atom. The molecule has 0 bridgehead atoms. The molecular weight excluding hydrogens is 314 g/mol. The van der Waals surface area contributed by atoms with Crippen LogP contribution in [0.15, 0.2) is 35.3 Å². The number of likely N-dealkylation sites (tertiary alicyclic amines) is 1. The molecule has 1 atom stereocenters. The number of nitrogens with zero attached hydrogens (tertiary/aromatic N) is 2. The maximum Gasteiger partial charge on any atom is 0.193 e. The number of benzene rings is 1. The summed E-state index contributed by atoms with van der Waals surface area (Å²) in [6.45, 7) is 8.65. The van der Waals surface area contributed by atoms with Gasteiger partial charge in [-0.15, -0.1) is 0 Å². The quantitative estimate of drug-likeness (QED) is 0.469. The van der Waals surface area contributed by atoms with Gasteiger partial charge in [-0.3, -0.25) is 4.99 Å². The zero-order chi connectivity index (χ0) is 17.4. The first-order valence-electron chi connectivity index (χ1n) is 9.60. The summed E-state index contributed by atoms with van der Waals surface area (Å²) in [7, 11) is 0. The Balaban J connectivity index is 1.40. The molecule has 2 saturated heterocycles. The Labute approximate surface area is 151 Å². The number of aliphatic imine (C=N–C) groups is 1. The molecule has 0 radical (unpaired) electrons. The van der Waals surface area contributed by atoms with E-state index in [1.807, 2.05) is 30.3 Å². The van der Waals surface area contributed by atoms with Crippen LogP contribution < -0.4 is 10.1 Å². The van der Waals surface area contributed by atoms with Crippen molar-refractivity contribution in [2.24, 2.45) is 10.4 Å². The fraction of sp³-hybridized carbons (Fsp3) is 0.650. The van der Waals surface area contributed by atoms with Crippen molar-refractivity contribution in [2.75, 3.05) is 46.0 Å². The summed E-state index contributed by atoms with van der Waals surface area (Å²) in [6, 6.07) is 10.00. The normalized spacial score (nSPS) is 23.4. The van der Waals surface area contributed by atoms with Gasteiger partial charge in [0.25, 0.3) is 0 Å². The number of guanidine groups is 1. The molecule has 0 aromatic heterocycles. The van der Waals surface area contributed by atoms with Crippen molar-refractivity contribution >= 4 is 5.96 Å². The van der Waals surface area contributed by atoms with Crippen molar-refractivity contribution in [3.8, 4) is 5.75 Å². The third kappa shape index (κ3) is 5.11. The molecule has 2 aliphatic heterocycles. The number of para-hydroxylation sites is 1. The average Bonchev–Trinajstić information content (AvgIpc) is 3.28. The van der Waals surface area contributed by atoms with Gasteiger partial charge in [-0.05, 0) is 44.7 Å². The molecule has 2 aliphatic rings. The molecule has 3 rings (SSSR count). The molecule has 0 aliphatic carbocycles. The lowest BCUT2D eigenvalue weighted by molar-refractivity contribution is 0.156. The van der Waals surface area contributed by atoms with Gasteiger partial charge in [0.1, 0.15) is 5.75 Å². The van der Waals surface area contributed by atoms with Crippen molar-refractivity contribution in [3.63, 3.8) is 0 Å². The van der Waals surface area contributed by atoms with Gasteiger partial charge in [-0.25, -0.2) is 0 Å². The van der Waals surface area contributed by atoms with E-state index in [2.05, 4.69) is 17.1 Å². The van der Waals surface area contributed by atoms with E-state index < -0.39 is 0 Å². The third-order valence-electron chi connectivity index (χ3n) is 5.08. The Bertz CT molecular complexity index is 541. The Morgan fingerprint density at radius 3 is 2.92 bits per heavy atom. The number of unbranched alkanes of at least 4 members (excludes halogenated alkanes) is 1. The molecule has 0 amide bonds. The van der Waals surface area contributed by atoms with Crippen LogP contribution in [0.25, 0.3) is 0 Å². The summed E-state index contributed by atoms with van der Waals surface area (Å²) in [4.78, 5) is 7.24. The Kier molecular flexibility index (Phi) is 6.56. The number of hydrogen-bond donors (Lipinski definition) is 1. The number of hydrogen-bond acceptors (Lipinski definition) is 3. The predicted molar refractivity (Wildman–Crippen MR) is 101 cm³/mol. The summed E-state index contributed by atoms with van der Waals surface area (Å²) >= 11 is 0. The van der Waals surface area contributed by atoms with E-state index in [0.717, 1.165) is 70.6 Å². The minimum atomic E-state index is 0.375. The van der Waals surface area contributed by atoms with Crippen LogP contribution in [0.4, 0.5) is 0 Å². The minimum Gasteiger partial charge on any atom is -0.494 e.